The molecule has 0 radical (unpaired) electrons. The molecule has 3 heteroatoms. The van der Waals surface area contributed by atoms with Crippen molar-refractivity contribution in [1.82, 2.24) is 0 Å². The molecule has 11 heavy (non-hydrogen) atoms. The zero-order valence-electron chi connectivity index (χ0n) is 7.22. The Bertz CT molecular complexity index is 167. The van der Waals surface area contributed by atoms with Crippen LogP contribution >= 0.6 is 0 Å². The monoisotopic (exact) mass is 158 g/mol. The number of Topliss-reactive ketones (excluding diaryl/α,β-unsaturated/α-hetero) is 1. The third-order valence-electron chi connectivity index (χ3n) is 1.97. The molecule has 0 aromatic heterocycles. The van der Waals surface area contributed by atoms with Gasteiger partial charge in [-0.05, 0) is 20.3 Å². The molecule has 1 aliphatic heterocycles. The number of ketones is 1. The van der Waals surface area contributed by atoms with E-state index in [1.807, 2.05) is 6.92 Å². The van der Waals surface area contributed by atoms with E-state index in [2.05, 4.69) is 0 Å². The van der Waals surface area contributed by atoms with Gasteiger partial charge in [-0.25, -0.2) is 0 Å². The van der Waals surface area contributed by atoms with Crippen LogP contribution in [0.2, 0.25) is 0 Å². The number of hydrogen-bond acceptors (Lipinski definition) is 3. The Hall–Kier alpha value is -0.410. The molecule has 0 N–H and O–H groups in total. The van der Waals surface area contributed by atoms with Gasteiger partial charge in [0.05, 0.1) is 12.7 Å². The van der Waals surface area contributed by atoms with Crippen molar-refractivity contribution in [2.75, 3.05) is 6.61 Å². The van der Waals surface area contributed by atoms with Crippen molar-refractivity contribution in [1.29, 1.82) is 0 Å². The Labute approximate surface area is 66.7 Å². The maximum atomic E-state index is 11.0. The van der Waals surface area contributed by atoms with Gasteiger partial charge in [-0.15, -0.1) is 0 Å². The molecule has 1 saturated heterocycles. The molecule has 0 saturated carbocycles. The SMILES string of the molecule is CC(=O)C1(C)OCCC(C)O1. The van der Waals surface area contributed by atoms with Gasteiger partial charge in [-0.1, -0.05) is 0 Å². The van der Waals surface area contributed by atoms with Crippen molar-refractivity contribution in [2.24, 2.45) is 0 Å². The van der Waals surface area contributed by atoms with Crippen molar-refractivity contribution in [2.45, 2.75) is 39.1 Å². The van der Waals surface area contributed by atoms with Crippen LogP contribution in [0.3, 0.4) is 0 Å². The summed E-state index contributed by atoms with van der Waals surface area (Å²) in [6.07, 6.45) is 0.987. The lowest BCUT2D eigenvalue weighted by Crippen LogP contribution is -2.46. The highest BCUT2D eigenvalue weighted by Gasteiger charge is 2.36. The van der Waals surface area contributed by atoms with Gasteiger partial charge in [-0.3, -0.25) is 4.79 Å². The Kier molecular flexibility index (Phi) is 2.30. The zero-order valence-corrected chi connectivity index (χ0v) is 7.22. The predicted octanol–water partition coefficient (Wildman–Crippen LogP) is 1.12. The molecule has 2 atom stereocenters. The second-order valence-electron chi connectivity index (χ2n) is 3.07. The van der Waals surface area contributed by atoms with Gasteiger partial charge in [-0.2, -0.15) is 0 Å². The van der Waals surface area contributed by atoms with E-state index in [4.69, 9.17) is 9.47 Å². The van der Waals surface area contributed by atoms with E-state index in [1.54, 1.807) is 6.92 Å². The summed E-state index contributed by atoms with van der Waals surface area (Å²) in [5.41, 5.74) is 0. The first kappa shape index (κ1) is 8.68. The lowest BCUT2D eigenvalue weighted by atomic mass is 10.1. The molecule has 64 valence electrons. The quantitative estimate of drug-likeness (QED) is 0.573. The molecule has 0 bridgehead atoms. The molecule has 2 unspecified atom stereocenters. The molecule has 0 aliphatic carbocycles. The first-order valence-corrected chi connectivity index (χ1v) is 3.87. The Morgan fingerprint density at radius 1 is 1.64 bits per heavy atom. The van der Waals surface area contributed by atoms with Gasteiger partial charge in [0.25, 0.3) is 0 Å². The molecular weight excluding hydrogens is 144 g/mol. The van der Waals surface area contributed by atoms with E-state index in [1.165, 1.54) is 6.92 Å². The summed E-state index contributed by atoms with van der Waals surface area (Å²) in [5, 5.41) is 0. The Morgan fingerprint density at radius 2 is 2.27 bits per heavy atom. The summed E-state index contributed by atoms with van der Waals surface area (Å²) in [6.45, 7) is 5.71. The highest BCUT2D eigenvalue weighted by atomic mass is 16.7. The molecule has 0 aromatic rings. The fourth-order valence-corrected chi connectivity index (χ4v) is 1.08. The van der Waals surface area contributed by atoms with Crippen molar-refractivity contribution in [3.8, 4) is 0 Å². The standard InChI is InChI=1S/C8H14O3/c1-6-4-5-10-8(3,11-6)7(2)9/h6H,4-5H2,1-3H3. The largest absolute Gasteiger partial charge is 0.344 e. The van der Waals surface area contributed by atoms with Gasteiger partial charge < -0.3 is 9.47 Å². The molecule has 0 amide bonds. The Balaban J connectivity index is 2.63. The number of carbonyl (C=O) groups is 1. The van der Waals surface area contributed by atoms with Gasteiger partial charge in [0, 0.05) is 6.92 Å². The average molecular weight is 158 g/mol. The van der Waals surface area contributed by atoms with E-state index >= 15 is 0 Å². The van der Waals surface area contributed by atoms with E-state index in [0.29, 0.717) is 6.61 Å². The minimum absolute atomic E-state index is 0.0657. The van der Waals surface area contributed by atoms with E-state index in [9.17, 15) is 4.79 Å². The third kappa shape index (κ3) is 1.79. The molecule has 3 nitrogen and oxygen atoms in total. The lowest BCUT2D eigenvalue weighted by Gasteiger charge is -2.35. The minimum atomic E-state index is -0.988. The van der Waals surface area contributed by atoms with Crippen molar-refractivity contribution >= 4 is 5.78 Å². The van der Waals surface area contributed by atoms with Gasteiger partial charge >= 0.3 is 0 Å². The summed E-state index contributed by atoms with van der Waals surface area (Å²) in [6, 6.07) is 0. The van der Waals surface area contributed by atoms with Crippen LogP contribution in [0.4, 0.5) is 0 Å². The van der Waals surface area contributed by atoms with E-state index in [-0.39, 0.29) is 11.9 Å². The van der Waals surface area contributed by atoms with Crippen LogP contribution in [-0.4, -0.2) is 24.3 Å². The van der Waals surface area contributed by atoms with Crippen LogP contribution in [0.1, 0.15) is 27.2 Å². The summed E-state index contributed by atoms with van der Waals surface area (Å²) in [4.78, 5) is 11.0. The van der Waals surface area contributed by atoms with Crippen molar-refractivity contribution in [3.05, 3.63) is 0 Å². The highest BCUT2D eigenvalue weighted by molar-refractivity contribution is 5.83. The molecule has 1 heterocycles. The first-order chi connectivity index (χ1) is 5.04. The molecule has 1 fully saturated rings. The average Bonchev–Trinajstić information content (AvgIpc) is 1.86. The molecule has 1 aliphatic rings. The molecular formula is C8H14O3. The second kappa shape index (κ2) is 2.91. The number of rotatable bonds is 1. The van der Waals surface area contributed by atoms with Crippen molar-refractivity contribution < 1.29 is 14.3 Å². The zero-order chi connectivity index (χ0) is 8.48. The molecule has 0 aromatic carbocycles. The topological polar surface area (TPSA) is 35.5 Å². The van der Waals surface area contributed by atoms with Crippen LogP contribution in [0.15, 0.2) is 0 Å². The van der Waals surface area contributed by atoms with Crippen LogP contribution in [0, 0.1) is 0 Å². The number of carbonyl (C=O) groups excluding carboxylic acids is 1. The number of ether oxygens (including phenoxy) is 2. The van der Waals surface area contributed by atoms with Gasteiger partial charge in [0.1, 0.15) is 0 Å². The smallest absolute Gasteiger partial charge is 0.225 e. The predicted molar refractivity (Wildman–Crippen MR) is 40.2 cm³/mol. The van der Waals surface area contributed by atoms with Crippen LogP contribution < -0.4 is 0 Å². The summed E-state index contributed by atoms with van der Waals surface area (Å²) >= 11 is 0. The first-order valence-electron chi connectivity index (χ1n) is 3.87. The normalized spacial score (nSPS) is 38.6. The molecule has 0 spiro atoms. The van der Waals surface area contributed by atoms with Crippen LogP contribution in [0.5, 0.6) is 0 Å². The van der Waals surface area contributed by atoms with Crippen LogP contribution in [-0.2, 0) is 14.3 Å². The second-order valence-corrected chi connectivity index (χ2v) is 3.07. The minimum Gasteiger partial charge on any atom is -0.344 e. The summed E-state index contributed by atoms with van der Waals surface area (Å²) in [7, 11) is 0. The highest BCUT2D eigenvalue weighted by Crippen LogP contribution is 2.22. The van der Waals surface area contributed by atoms with E-state index < -0.39 is 5.79 Å². The fraction of sp³-hybridized carbons (Fsp3) is 0.875. The maximum absolute atomic E-state index is 11.0. The Morgan fingerprint density at radius 3 is 2.64 bits per heavy atom. The number of hydrogen-bond donors (Lipinski definition) is 0. The third-order valence-corrected chi connectivity index (χ3v) is 1.97. The summed E-state index contributed by atoms with van der Waals surface area (Å²) in [5.74, 6) is -1.05. The lowest BCUT2D eigenvalue weighted by molar-refractivity contribution is -0.263. The van der Waals surface area contributed by atoms with Gasteiger partial charge in [0.15, 0.2) is 5.78 Å². The van der Waals surface area contributed by atoms with Crippen molar-refractivity contribution in [3.63, 3.8) is 0 Å². The maximum Gasteiger partial charge on any atom is 0.225 e. The van der Waals surface area contributed by atoms with E-state index in [0.717, 1.165) is 6.42 Å². The fourth-order valence-electron chi connectivity index (χ4n) is 1.08. The van der Waals surface area contributed by atoms with Crippen LogP contribution in [0.25, 0.3) is 0 Å². The van der Waals surface area contributed by atoms with Gasteiger partial charge in [0.2, 0.25) is 5.79 Å². The molecule has 1 rings (SSSR count). The summed E-state index contributed by atoms with van der Waals surface area (Å²) < 4.78 is 10.6.